The molecule has 2 atom stereocenters. The Kier molecular flexibility index (Phi) is 11.6. The summed E-state index contributed by atoms with van der Waals surface area (Å²) in [6.07, 6.45) is 3.02. The molecular formula is C42H45F3N8O7. The first-order valence-electron chi connectivity index (χ1n) is 20.2. The van der Waals surface area contributed by atoms with Gasteiger partial charge in [0.25, 0.3) is 17.7 Å². The fourth-order valence-electron chi connectivity index (χ4n) is 8.72. The lowest BCUT2D eigenvalue weighted by Gasteiger charge is -2.37. The molecule has 3 aliphatic heterocycles. The van der Waals surface area contributed by atoms with Gasteiger partial charge >= 0.3 is 6.18 Å². The van der Waals surface area contributed by atoms with Crippen LogP contribution >= 0.6 is 0 Å². The number of anilines is 2. The lowest BCUT2D eigenvalue weighted by Crippen LogP contribution is -2.54. The van der Waals surface area contributed by atoms with E-state index >= 15 is 0 Å². The minimum atomic E-state index is -4.68. The molecule has 5 amide bonds. The van der Waals surface area contributed by atoms with Crippen molar-refractivity contribution in [1.29, 1.82) is 0 Å². The summed E-state index contributed by atoms with van der Waals surface area (Å²) in [5.74, 6) is -2.07. The molecule has 3 fully saturated rings. The maximum atomic E-state index is 13.4. The van der Waals surface area contributed by atoms with Gasteiger partial charge in [0.1, 0.15) is 23.2 Å². The number of carbonyl (C=O) groups excluding carboxylic acids is 5. The average molecular weight is 831 g/mol. The number of halogens is 3. The fraction of sp³-hybridized carbons (Fsp3) is 0.452. The van der Waals surface area contributed by atoms with Crippen LogP contribution in [-0.2, 0) is 20.5 Å². The van der Waals surface area contributed by atoms with E-state index in [9.17, 15) is 37.1 Å². The monoisotopic (exact) mass is 830 g/mol. The van der Waals surface area contributed by atoms with Crippen LogP contribution in [0.15, 0.2) is 54.7 Å². The number of benzene rings is 2. The van der Waals surface area contributed by atoms with Gasteiger partial charge in [-0.15, -0.1) is 0 Å². The number of nitrogens with zero attached hydrogens (tertiary/aromatic N) is 5. The minimum Gasteiger partial charge on any atom is -0.494 e. The van der Waals surface area contributed by atoms with E-state index in [4.69, 9.17) is 14.6 Å². The molecule has 15 nitrogen and oxygen atoms in total. The number of fused-ring (bicyclic) bond motifs is 2. The third kappa shape index (κ3) is 8.56. The van der Waals surface area contributed by atoms with Crippen LogP contribution in [0.2, 0.25) is 0 Å². The number of nitrogens with one attached hydrogen (secondary N) is 3. The minimum absolute atomic E-state index is 0.0614. The number of alkyl halides is 3. The third-order valence-electron chi connectivity index (χ3n) is 11.8. The Morgan fingerprint density at radius 1 is 1.00 bits per heavy atom. The molecule has 5 heterocycles. The summed E-state index contributed by atoms with van der Waals surface area (Å²) in [5.41, 5.74) is 0.476. The zero-order chi connectivity index (χ0) is 42.1. The van der Waals surface area contributed by atoms with Gasteiger partial charge in [-0.2, -0.15) is 18.3 Å². The van der Waals surface area contributed by atoms with Crippen molar-refractivity contribution in [2.45, 2.75) is 75.7 Å². The van der Waals surface area contributed by atoms with Crippen molar-refractivity contribution in [3.8, 4) is 5.75 Å². The SMILES string of the molecule is COc1cc2nn([C@H]3CC[C@H](CN4CCO[C@H](CCCNc5cccc6c5C(=O)N(C5CCC(=O)NC5=O)C6=O)C4)CC3)cc2cc1NC(=O)c1cccc(C(F)(F)F)n1. The van der Waals surface area contributed by atoms with E-state index in [0.717, 1.165) is 80.6 Å². The normalized spacial score (nSPS) is 22.5. The first kappa shape index (κ1) is 40.9. The number of pyridine rings is 1. The lowest BCUT2D eigenvalue weighted by atomic mass is 9.85. The highest BCUT2D eigenvalue weighted by atomic mass is 19.4. The molecule has 4 aliphatic rings. The van der Waals surface area contributed by atoms with Crippen LogP contribution in [0.1, 0.15) is 94.3 Å². The smallest absolute Gasteiger partial charge is 0.433 e. The zero-order valence-electron chi connectivity index (χ0n) is 32.9. The molecule has 8 rings (SSSR count). The van der Waals surface area contributed by atoms with Gasteiger partial charge in [0.05, 0.1) is 48.2 Å². The topological polar surface area (TPSA) is 177 Å². The van der Waals surface area contributed by atoms with Crippen molar-refractivity contribution in [2.24, 2.45) is 5.92 Å². The van der Waals surface area contributed by atoms with Crippen molar-refractivity contribution in [3.63, 3.8) is 0 Å². The van der Waals surface area contributed by atoms with Gasteiger partial charge in [-0.05, 0) is 81.2 Å². The number of carbonyl (C=O) groups is 5. The van der Waals surface area contributed by atoms with Crippen molar-refractivity contribution in [2.75, 3.05) is 50.5 Å². The van der Waals surface area contributed by atoms with E-state index in [1.165, 1.54) is 13.2 Å². The molecule has 3 N–H and O–H groups in total. The molecular weight excluding hydrogens is 786 g/mol. The number of imide groups is 2. The largest absolute Gasteiger partial charge is 0.494 e. The Morgan fingerprint density at radius 3 is 2.57 bits per heavy atom. The molecule has 1 saturated carbocycles. The van der Waals surface area contributed by atoms with Gasteiger partial charge in [-0.3, -0.25) is 43.8 Å². The van der Waals surface area contributed by atoms with Gasteiger partial charge in [0, 0.05) is 55.9 Å². The molecule has 1 unspecified atom stereocenters. The quantitative estimate of drug-likeness (QED) is 0.123. The van der Waals surface area contributed by atoms with Crippen molar-refractivity contribution in [1.82, 2.24) is 29.9 Å². The van der Waals surface area contributed by atoms with E-state index < -0.39 is 47.4 Å². The predicted octanol–water partition coefficient (Wildman–Crippen LogP) is 5.44. The molecule has 0 spiro atoms. The first-order valence-corrected chi connectivity index (χ1v) is 20.2. The number of piperidine rings is 1. The highest BCUT2D eigenvalue weighted by Crippen LogP contribution is 2.37. The number of hydrogen-bond acceptors (Lipinski definition) is 11. The van der Waals surface area contributed by atoms with E-state index in [2.05, 4.69) is 25.8 Å². The van der Waals surface area contributed by atoms with Crippen LogP contribution in [0, 0.1) is 5.92 Å². The van der Waals surface area contributed by atoms with Gasteiger partial charge in [0.2, 0.25) is 11.8 Å². The average Bonchev–Trinajstić information content (AvgIpc) is 3.76. The van der Waals surface area contributed by atoms with Gasteiger partial charge in [-0.25, -0.2) is 4.98 Å². The summed E-state index contributed by atoms with van der Waals surface area (Å²) in [4.78, 5) is 70.5. The summed E-state index contributed by atoms with van der Waals surface area (Å²) in [7, 11) is 1.44. The molecule has 2 aromatic heterocycles. The molecule has 18 heteroatoms. The number of methoxy groups -OCH3 is 1. The molecule has 316 valence electrons. The van der Waals surface area contributed by atoms with Crippen molar-refractivity contribution >= 4 is 51.8 Å². The van der Waals surface area contributed by atoms with E-state index in [1.54, 1.807) is 30.3 Å². The predicted molar refractivity (Wildman–Crippen MR) is 211 cm³/mol. The lowest BCUT2D eigenvalue weighted by molar-refractivity contribution is -0.141. The van der Waals surface area contributed by atoms with Crippen LogP contribution in [-0.4, -0.2) is 106 Å². The summed E-state index contributed by atoms with van der Waals surface area (Å²) in [6.45, 7) is 3.86. The molecule has 0 radical (unpaired) electrons. The standard InChI is InChI=1S/C42H45F3N8O7/c1-59-34-20-31-25(19-32(34)48-38(55)30-8-3-9-35(47-30)42(43,44)45)22-52(50-31)26-12-10-24(11-13-26)21-51-17-18-60-27(23-51)5-4-16-46-29-7-2-6-28-37(29)41(58)53(40(28)57)33-14-15-36(54)49-39(33)56/h2-3,6-9,19-20,22,24,26-27,33,46H,4-5,10-18,21,23H2,1H3,(H,48,55)(H,49,54,56)/t24-,26-,27-,33?/m1/s1. The summed E-state index contributed by atoms with van der Waals surface area (Å²) in [6, 6.07) is 10.8. The van der Waals surface area contributed by atoms with E-state index in [1.807, 2.05) is 10.9 Å². The molecule has 2 saturated heterocycles. The molecule has 60 heavy (non-hydrogen) atoms. The second-order valence-electron chi connectivity index (χ2n) is 15.8. The Labute approximate surface area is 342 Å². The summed E-state index contributed by atoms with van der Waals surface area (Å²) < 4.78 is 53.1. The Bertz CT molecular complexity index is 2330. The third-order valence-corrected chi connectivity index (χ3v) is 11.8. The summed E-state index contributed by atoms with van der Waals surface area (Å²) in [5, 5.41) is 13.8. The first-order chi connectivity index (χ1) is 28.9. The Balaban J connectivity index is 0.803. The number of amides is 5. The van der Waals surface area contributed by atoms with Gasteiger partial charge in [0.15, 0.2) is 0 Å². The number of hydrogen-bond donors (Lipinski definition) is 3. The Hall–Kier alpha value is -5.88. The van der Waals surface area contributed by atoms with Crippen LogP contribution in [0.25, 0.3) is 10.9 Å². The van der Waals surface area contributed by atoms with E-state index in [-0.39, 0.29) is 41.8 Å². The summed E-state index contributed by atoms with van der Waals surface area (Å²) >= 11 is 0. The maximum Gasteiger partial charge on any atom is 0.433 e. The second kappa shape index (κ2) is 17.0. The highest BCUT2D eigenvalue weighted by molar-refractivity contribution is 6.25. The number of rotatable bonds is 12. The van der Waals surface area contributed by atoms with Crippen LogP contribution < -0.4 is 20.7 Å². The molecule has 4 aromatic rings. The zero-order valence-corrected chi connectivity index (χ0v) is 32.9. The number of aromatic nitrogens is 3. The van der Waals surface area contributed by atoms with Crippen molar-refractivity contribution in [3.05, 3.63) is 77.2 Å². The van der Waals surface area contributed by atoms with Crippen LogP contribution in [0.5, 0.6) is 5.75 Å². The fourth-order valence-corrected chi connectivity index (χ4v) is 8.72. The molecule has 0 bridgehead atoms. The van der Waals surface area contributed by atoms with Crippen molar-refractivity contribution < 1.29 is 46.6 Å². The van der Waals surface area contributed by atoms with Gasteiger partial charge < -0.3 is 20.1 Å². The van der Waals surface area contributed by atoms with Crippen LogP contribution in [0.3, 0.4) is 0 Å². The number of ether oxygens (including phenoxy) is 2. The number of morpholine rings is 1. The van der Waals surface area contributed by atoms with E-state index in [0.29, 0.717) is 41.7 Å². The molecule has 2 aromatic carbocycles. The highest BCUT2D eigenvalue weighted by Gasteiger charge is 2.45. The second-order valence-corrected chi connectivity index (χ2v) is 15.8. The molecule has 1 aliphatic carbocycles. The maximum absolute atomic E-state index is 13.4. The van der Waals surface area contributed by atoms with Crippen LogP contribution in [0.4, 0.5) is 24.5 Å². The van der Waals surface area contributed by atoms with Gasteiger partial charge in [-0.1, -0.05) is 12.1 Å². The Morgan fingerprint density at radius 2 is 1.80 bits per heavy atom.